The number of nitrogens with zero attached hydrogens (tertiary/aromatic N) is 5. The molecule has 8 nitrogen and oxygen atoms in total. The minimum absolute atomic E-state index is 0.126. The highest BCUT2D eigenvalue weighted by Crippen LogP contribution is 2.61. The van der Waals surface area contributed by atoms with Gasteiger partial charge in [-0.05, 0) is 55.8 Å². The van der Waals surface area contributed by atoms with E-state index in [0.29, 0.717) is 5.41 Å². The highest BCUT2D eigenvalue weighted by Gasteiger charge is 2.56. The van der Waals surface area contributed by atoms with Crippen LogP contribution in [0.1, 0.15) is 55.9 Å². The maximum absolute atomic E-state index is 12.9. The first-order valence-corrected chi connectivity index (χ1v) is 8.96. The molecule has 4 fully saturated rings. The zero-order valence-corrected chi connectivity index (χ0v) is 14.5. The van der Waals surface area contributed by atoms with E-state index in [1.807, 2.05) is 0 Å². The van der Waals surface area contributed by atoms with Crippen LogP contribution in [0.25, 0.3) is 5.65 Å². The molecular weight excluding hydrogens is 320 g/mol. The van der Waals surface area contributed by atoms with Crippen LogP contribution in [0.15, 0.2) is 11.1 Å². The second-order valence-electron chi connectivity index (χ2n) is 8.79. The van der Waals surface area contributed by atoms with Crippen molar-refractivity contribution in [3.8, 4) is 0 Å². The first kappa shape index (κ1) is 15.0. The van der Waals surface area contributed by atoms with Gasteiger partial charge in [-0.3, -0.25) is 4.79 Å². The summed E-state index contributed by atoms with van der Waals surface area (Å²) in [6, 6.07) is 0. The van der Waals surface area contributed by atoms with Crippen LogP contribution in [0.5, 0.6) is 0 Å². The van der Waals surface area contributed by atoms with Gasteiger partial charge in [0.15, 0.2) is 11.3 Å². The van der Waals surface area contributed by atoms with Crippen molar-refractivity contribution in [1.29, 1.82) is 0 Å². The molecule has 2 heterocycles. The van der Waals surface area contributed by atoms with Crippen molar-refractivity contribution >= 4 is 11.6 Å². The van der Waals surface area contributed by atoms with E-state index in [9.17, 15) is 9.59 Å². The third-order valence-corrected chi connectivity index (χ3v) is 6.45. The second kappa shape index (κ2) is 4.68. The van der Waals surface area contributed by atoms with E-state index < -0.39 is 0 Å². The van der Waals surface area contributed by atoms with Crippen molar-refractivity contribution in [2.45, 2.75) is 51.0 Å². The lowest BCUT2D eigenvalue weighted by molar-refractivity contribution is -0.0680. The molecule has 2 atom stereocenters. The number of nitrogens with one attached hydrogen (secondary N) is 1. The van der Waals surface area contributed by atoms with E-state index in [0.717, 1.165) is 35.8 Å². The van der Waals surface area contributed by atoms with E-state index >= 15 is 0 Å². The van der Waals surface area contributed by atoms with Gasteiger partial charge in [0, 0.05) is 12.6 Å². The fourth-order valence-electron chi connectivity index (χ4n) is 6.21. The van der Waals surface area contributed by atoms with Crippen molar-refractivity contribution in [1.82, 2.24) is 29.7 Å². The van der Waals surface area contributed by atoms with Crippen LogP contribution < -0.4 is 11.0 Å². The Labute approximate surface area is 144 Å². The number of carbonyl (C=O) groups excluding carboxylic acids is 1. The lowest BCUT2D eigenvalue weighted by atomic mass is 9.47. The molecule has 1 N–H and O–H groups in total. The predicted molar refractivity (Wildman–Crippen MR) is 89.0 cm³/mol. The minimum atomic E-state index is -0.362. The molecule has 4 aliphatic rings. The van der Waals surface area contributed by atoms with Crippen LogP contribution in [0.2, 0.25) is 0 Å². The number of rotatable bonds is 2. The van der Waals surface area contributed by atoms with Crippen LogP contribution in [0, 0.1) is 17.3 Å². The average Bonchev–Trinajstić information content (AvgIpc) is 2.92. The summed E-state index contributed by atoms with van der Waals surface area (Å²) in [5, 5.41) is 11.0. The van der Waals surface area contributed by atoms with Gasteiger partial charge in [-0.2, -0.15) is 4.68 Å². The largest absolute Gasteiger partial charge is 0.352 e. The van der Waals surface area contributed by atoms with Gasteiger partial charge in [-0.1, -0.05) is 12.1 Å². The number of carbonyl (C=O) groups is 1. The van der Waals surface area contributed by atoms with E-state index in [1.54, 1.807) is 0 Å². The Balaban J connectivity index is 1.48. The van der Waals surface area contributed by atoms with E-state index in [-0.39, 0.29) is 28.5 Å². The fraction of sp³-hybridized carbons (Fsp3) is 0.706. The van der Waals surface area contributed by atoms with Gasteiger partial charge >= 0.3 is 5.69 Å². The Morgan fingerprint density at radius 1 is 1.28 bits per heavy atom. The summed E-state index contributed by atoms with van der Waals surface area (Å²) < 4.78 is 2.39. The van der Waals surface area contributed by atoms with Gasteiger partial charge < -0.3 is 5.32 Å². The van der Waals surface area contributed by atoms with Crippen molar-refractivity contribution < 1.29 is 4.79 Å². The van der Waals surface area contributed by atoms with Crippen LogP contribution >= 0.6 is 0 Å². The molecule has 0 radical (unpaired) electrons. The Morgan fingerprint density at radius 3 is 2.68 bits per heavy atom. The molecule has 1 amide bonds. The van der Waals surface area contributed by atoms with Crippen LogP contribution in [-0.2, 0) is 7.05 Å². The zero-order chi connectivity index (χ0) is 17.4. The molecule has 2 unspecified atom stereocenters. The van der Waals surface area contributed by atoms with Crippen molar-refractivity contribution in [2.24, 2.45) is 24.3 Å². The highest BCUT2D eigenvalue weighted by molar-refractivity contribution is 5.98. The minimum Gasteiger partial charge on any atom is -0.345 e. The maximum atomic E-state index is 12.9. The molecule has 8 heteroatoms. The summed E-state index contributed by atoms with van der Waals surface area (Å²) in [5.74, 6) is 1.20. The molecule has 4 aliphatic carbocycles. The topological polar surface area (TPSA) is 94.2 Å². The summed E-state index contributed by atoms with van der Waals surface area (Å²) >= 11 is 0. The van der Waals surface area contributed by atoms with Gasteiger partial charge in [0.2, 0.25) is 0 Å². The highest BCUT2D eigenvalue weighted by atomic mass is 16.2. The number of hydrogen-bond donors (Lipinski definition) is 1. The molecular formula is C17H22N6O2. The molecule has 2 aromatic rings. The number of fused-ring (bicyclic) bond motifs is 1. The Bertz CT molecular complexity index is 930. The van der Waals surface area contributed by atoms with Gasteiger partial charge in [-0.25, -0.2) is 14.2 Å². The Morgan fingerprint density at radius 2 is 2.00 bits per heavy atom. The smallest absolute Gasteiger partial charge is 0.345 e. The molecule has 132 valence electrons. The molecule has 0 saturated heterocycles. The molecule has 2 aromatic heterocycles. The summed E-state index contributed by atoms with van der Waals surface area (Å²) in [7, 11) is 1.52. The molecule has 0 spiro atoms. The third-order valence-electron chi connectivity index (χ3n) is 6.45. The first-order chi connectivity index (χ1) is 11.9. The summed E-state index contributed by atoms with van der Waals surface area (Å²) in [6.45, 7) is 2.37. The lowest BCUT2D eigenvalue weighted by Gasteiger charge is -2.61. The molecule has 4 bridgehead atoms. The summed E-state index contributed by atoms with van der Waals surface area (Å²) in [6.07, 6.45) is 8.39. The van der Waals surface area contributed by atoms with Crippen LogP contribution in [0.3, 0.4) is 0 Å². The quantitative estimate of drug-likeness (QED) is 0.875. The van der Waals surface area contributed by atoms with E-state index in [2.05, 4.69) is 27.5 Å². The van der Waals surface area contributed by atoms with Crippen molar-refractivity contribution in [3.05, 3.63) is 22.5 Å². The van der Waals surface area contributed by atoms with Crippen molar-refractivity contribution in [3.63, 3.8) is 0 Å². The number of hydrogen-bond acceptors (Lipinski definition) is 5. The van der Waals surface area contributed by atoms with E-state index in [4.69, 9.17) is 0 Å². The lowest BCUT2D eigenvalue weighted by Crippen LogP contribution is -2.62. The van der Waals surface area contributed by atoms with Gasteiger partial charge in [0.05, 0.1) is 0 Å². The normalized spacial score (nSPS) is 36.1. The number of amides is 1. The SMILES string of the molecule is Cn1nnc2c(C(=O)NC34CC5CC(CC(C)(C5)C3)C4)ncn2c1=O. The number of imidazole rings is 1. The van der Waals surface area contributed by atoms with Crippen molar-refractivity contribution in [2.75, 3.05) is 0 Å². The number of aromatic nitrogens is 5. The standard InChI is InChI=1S/C17H22N6O2/c1-16-4-10-3-11(5-16)7-17(6-10,8-16)19-14(24)12-13-20-21-22(2)15(25)23(13)9-18-12/h9-11H,3-8H2,1-2H3,(H,19,24). The molecule has 25 heavy (non-hydrogen) atoms. The number of aryl methyl sites for hydroxylation is 1. The average molecular weight is 342 g/mol. The third kappa shape index (κ3) is 2.15. The molecule has 0 aromatic carbocycles. The molecule has 6 rings (SSSR count). The van der Waals surface area contributed by atoms with E-state index in [1.165, 1.54) is 37.0 Å². The van der Waals surface area contributed by atoms with Gasteiger partial charge in [-0.15, -0.1) is 5.10 Å². The molecule has 0 aliphatic heterocycles. The zero-order valence-electron chi connectivity index (χ0n) is 14.5. The van der Waals surface area contributed by atoms with Crippen LogP contribution in [-0.4, -0.2) is 35.8 Å². The fourth-order valence-corrected chi connectivity index (χ4v) is 6.21. The predicted octanol–water partition coefficient (Wildman–Crippen LogP) is 0.912. The summed E-state index contributed by atoms with van der Waals surface area (Å²) in [5.41, 5.74) is 0.268. The second-order valence-corrected chi connectivity index (χ2v) is 8.79. The molecule has 4 saturated carbocycles. The van der Waals surface area contributed by atoms with Crippen LogP contribution in [0.4, 0.5) is 0 Å². The monoisotopic (exact) mass is 342 g/mol. The summed E-state index contributed by atoms with van der Waals surface area (Å²) in [4.78, 5) is 29.2. The Kier molecular flexibility index (Phi) is 2.81. The van der Waals surface area contributed by atoms with Gasteiger partial charge in [0.25, 0.3) is 5.91 Å². The first-order valence-electron chi connectivity index (χ1n) is 8.96. The Hall–Kier alpha value is -2.25. The maximum Gasteiger partial charge on any atom is 0.352 e. The van der Waals surface area contributed by atoms with Gasteiger partial charge in [0.1, 0.15) is 6.33 Å².